The van der Waals surface area contributed by atoms with Crippen molar-refractivity contribution in [3.05, 3.63) is 70.1 Å². The molecule has 1 aromatic heterocycles. The molecule has 0 bridgehead atoms. The Morgan fingerprint density at radius 2 is 1.55 bits per heavy atom. The number of aryl methyl sites for hydroxylation is 1. The van der Waals surface area contributed by atoms with Crippen LogP contribution in [0.4, 0.5) is 0 Å². The Labute approximate surface area is 183 Å². The van der Waals surface area contributed by atoms with Crippen LogP contribution in [0.5, 0.6) is 0 Å². The monoisotopic (exact) mass is 420 g/mol. The lowest BCUT2D eigenvalue weighted by Gasteiger charge is -2.26. The molecule has 1 fully saturated rings. The highest BCUT2D eigenvalue weighted by molar-refractivity contribution is 5.80. The van der Waals surface area contributed by atoms with Crippen molar-refractivity contribution in [2.45, 2.75) is 58.8 Å². The zero-order valence-electron chi connectivity index (χ0n) is 18.3. The minimum absolute atomic E-state index is 0.0309. The molecular weight excluding hydrogens is 388 g/mol. The summed E-state index contributed by atoms with van der Waals surface area (Å²) < 4.78 is 3.33. The van der Waals surface area contributed by atoms with E-state index in [1.54, 1.807) is 9.13 Å². The van der Waals surface area contributed by atoms with E-state index >= 15 is 0 Å². The average Bonchev–Trinajstić information content (AvgIpc) is 3.06. The fourth-order valence-electron chi connectivity index (χ4n) is 4.40. The van der Waals surface area contributed by atoms with Crippen LogP contribution in [0.15, 0.2) is 53.3 Å². The molecule has 1 amide bonds. The van der Waals surface area contributed by atoms with Crippen molar-refractivity contribution in [2.75, 3.05) is 13.1 Å². The van der Waals surface area contributed by atoms with Gasteiger partial charge < -0.3 is 5.32 Å². The molecular formula is C25H32N4O2. The first-order chi connectivity index (χ1) is 15.2. The molecule has 2 aromatic carbocycles. The van der Waals surface area contributed by atoms with Gasteiger partial charge in [0, 0.05) is 19.6 Å². The summed E-state index contributed by atoms with van der Waals surface area (Å²) in [5, 5.41) is 2.96. The van der Waals surface area contributed by atoms with E-state index in [9.17, 15) is 9.59 Å². The third kappa shape index (κ3) is 5.07. The minimum Gasteiger partial charge on any atom is -0.350 e. The number of piperidine rings is 1. The lowest BCUT2D eigenvalue weighted by Crippen LogP contribution is -2.33. The van der Waals surface area contributed by atoms with Gasteiger partial charge in [0.25, 0.3) is 0 Å². The predicted molar refractivity (Wildman–Crippen MR) is 124 cm³/mol. The fourth-order valence-corrected chi connectivity index (χ4v) is 4.40. The van der Waals surface area contributed by atoms with Gasteiger partial charge in [-0.1, -0.05) is 49.7 Å². The topological polar surface area (TPSA) is 59.3 Å². The molecule has 1 aliphatic rings. The standard InChI is InChI=1S/C25H32N4O2/c1-2-14-28-22-8-4-5-9-23(22)29(25(28)31)19-24(30)26-17-20-10-12-21(13-11-20)18-27-15-6-3-7-16-27/h4-5,8-13H,2-3,6-7,14-19H2,1H3,(H,26,30). The third-order valence-corrected chi connectivity index (χ3v) is 6.04. The summed E-state index contributed by atoms with van der Waals surface area (Å²) in [7, 11) is 0. The first-order valence-corrected chi connectivity index (χ1v) is 11.4. The highest BCUT2D eigenvalue weighted by Crippen LogP contribution is 2.15. The molecule has 1 aliphatic heterocycles. The number of likely N-dealkylation sites (tertiary alicyclic amines) is 1. The van der Waals surface area contributed by atoms with Gasteiger partial charge in [-0.25, -0.2) is 4.79 Å². The maximum atomic E-state index is 12.8. The molecule has 2 heterocycles. The van der Waals surface area contributed by atoms with Crippen LogP contribution in [0.2, 0.25) is 0 Å². The molecule has 1 N–H and O–H groups in total. The van der Waals surface area contributed by atoms with E-state index < -0.39 is 0 Å². The maximum absolute atomic E-state index is 12.8. The van der Waals surface area contributed by atoms with Crippen LogP contribution in [-0.2, 0) is 31.0 Å². The number of rotatable bonds is 8. The van der Waals surface area contributed by atoms with E-state index in [2.05, 4.69) is 34.5 Å². The van der Waals surface area contributed by atoms with Gasteiger partial charge in [0.1, 0.15) is 6.54 Å². The summed E-state index contributed by atoms with van der Waals surface area (Å²) in [5.74, 6) is -0.154. The van der Waals surface area contributed by atoms with Crippen LogP contribution >= 0.6 is 0 Å². The Hall–Kier alpha value is -2.86. The second-order valence-corrected chi connectivity index (χ2v) is 8.44. The number of benzene rings is 2. The van der Waals surface area contributed by atoms with E-state index in [1.807, 2.05) is 31.2 Å². The zero-order valence-corrected chi connectivity index (χ0v) is 18.3. The largest absolute Gasteiger partial charge is 0.350 e. The first kappa shape index (κ1) is 21.4. The van der Waals surface area contributed by atoms with E-state index in [4.69, 9.17) is 0 Å². The number of carbonyl (C=O) groups is 1. The number of aromatic nitrogens is 2. The molecule has 0 atom stereocenters. The summed E-state index contributed by atoms with van der Waals surface area (Å²) >= 11 is 0. The van der Waals surface area contributed by atoms with Crippen LogP contribution < -0.4 is 11.0 Å². The molecule has 0 saturated carbocycles. The highest BCUT2D eigenvalue weighted by Gasteiger charge is 2.15. The maximum Gasteiger partial charge on any atom is 0.329 e. The van der Waals surface area contributed by atoms with Gasteiger partial charge in [-0.05, 0) is 55.6 Å². The van der Waals surface area contributed by atoms with Gasteiger partial charge in [0.05, 0.1) is 11.0 Å². The van der Waals surface area contributed by atoms with Crippen LogP contribution in [0.3, 0.4) is 0 Å². The summed E-state index contributed by atoms with van der Waals surface area (Å²) in [6.45, 7) is 6.56. The van der Waals surface area contributed by atoms with E-state index in [0.717, 1.165) is 29.6 Å². The van der Waals surface area contributed by atoms with Crippen LogP contribution in [-0.4, -0.2) is 33.0 Å². The Kier molecular flexibility index (Phi) is 6.87. The normalized spacial score (nSPS) is 14.7. The SMILES string of the molecule is CCCn1c(=O)n(CC(=O)NCc2ccc(CN3CCCCC3)cc2)c2ccccc21. The third-order valence-electron chi connectivity index (χ3n) is 6.04. The molecule has 0 unspecified atom stereocenters. The van der Waals surface area contributed by atoms with Gasteiger partial charge in [-0.2, -0.15) is 0 Å². The summed E-state index contributed by atoms with van der Waals surface area (Å²) in [5.41, 5.74) is 3.94. The molecule has 164 valence electrons. The van der Waals surface area contributed by atoms with Gasteiger partial charge in [-0.3, -0.25) is 18.8 Å². The summed E-state index contributed by atoms with van der Waals surface area (Å²) in [4.78, 5) is 27.9. The smallest absolute Gasteiger partial charge is 0.329 e. The lowest BCUT2D eigenvalue weighted by atomic mass is 10.1. The molecule has 6 nitrogen and oxygen atoms in total. The first-order valence-electron chi connectivity index (χ1n) is 11.4. The number of imidazole rings is 1. The van der Waals surface area contributed by atoms with E-state index in [1.165, 1.54) is 37.9 Å². The summed E-state index contributed by atoms with van der Waals surface area (Å²) in [6, 6.07) is 16.1. The second-order valence-electron chi connectivity index (χ2n) is 8.44. The quantitative estimate of drug-likeness (QED) is 0.607. The zero-order chi connectivity index (χ0) is 21.6. The number of fused-ring (bicyclic) bond motifs is 1. The van der Waals surface area contributed by atoms with E-state index in [0.29, 0.717) is 13.1 Å². The highest BCUT2D eigenvalue weighted by atomic mass is 16.2. The van der Waals surface area contributed by atoms with Crippen molar-refractivity contribution in [3.63, 3.8) is 0 Å². The molecule has 1 saturated heterocycles. The lowest BCUT2D eigenvalue weighted by molar-refractivity contribution is -0.121. The van der Waals surface area contributed by atoms with Crippen LogP contribution in [0.1, 0.15) is 43.7 Å². The average molecular weight is 421 g/mol. The second kappa shape index (κ2) is 9.96. The predicted octanol–water partition coefficient (Wildman–Crippen LogP) is 3.52. The fraction of sp³-hybridized carbons (Fsp3) is 0.440. The number of hydrogen-bond donors (Lipinski definition) is 1. The molecule has 3 aromatic rings. The van der Waals surface area contributed by atoms with Crippen LogP contribution in [0, 0.1) is 0 Å². The molecule has 0 aliphatic carbocycles. The number of amides is 1. The number of carbonyl (C=O) groups excluding carboxylic acids is 1. The van der Waals surface area contributed by atoms with Crippen molar-refractivity contribution in [2.24, 2.45) is 0 Å². The van der Waals surface area contributed by atoms with Crippen LogP contribution in [0.25, 0.3) is 11.0 Å². The molecule has 31 heavy (non-hydrogen) atoms. The molecule has 0 radical (unpaired) electrons. The van der Waals surface area contributed by atoms with Crippen molar-refractivity contribution >= 4 is 16.9 Å². The summed E-state index contributed by atoms with van der Waals surface area (Å²) in [6.07, 6.45) is 4.81. The number of nitrogens with one attached hydrogen (secondary N) is 1. The molecule has 4 rings (SSSR count). The van der Waals surface area contributed by atoms with Gasteiger partial charge in [-0.15, -0.1) is 0 Å². The van der Waals surface area contributed by atoms with E-state index in [-0.39, 0.29) is 18.1 Å². The van der Waals surface area contributed by atoms with Crippen molar-refractivity contribution in [1.82, 2.24) is 19.4 Å². The Morgan fingerprint density at radius 3 is 2.23 bits per heavy atom. The molecule has 0 spiro atoms. The number of hydrogen-bond acceptors (Lipinski definition) is 3. The Balaban J connectivity index is 1.36. The molecule has 6 heteroatoms. The van der Waals surface area contributed by atoms with Crippen molar-refractivity contribution in [1.29, 1.82) is 0 Å². The van der Waals surface area contributed by atoms with Crippen molar-refractivity contribution in [3.8, 4) is 0 Å². The number of para-hydroxylation sites is 2. The van der Waals surface area contributed by atoms with Gasteiger partial charge in [0.2, 0.25) is 5.91 Å². The van der Waals surface area contributed by atoms with Gasteiger partial charge in [0.15, 0.2) is 0 Å². The number of nitrogens with zero attached hydrogens (tertiary/aromatic N) is 3. The van der Waals surface area contributed by atoms with Gasteiger partial charge >= 0.3 is 5.69 Å². The van der Waals surface area contributed by atoms with Crippen molar-refractivity contribution < 1.29 is 4.79 Å². The Morgan fingerprint density at radius 1 is 0.903 bits per heavy atom. The Bertz CT molecular complexity index is 1080. The minimum atomic E-state index is -0.154.